The highest BCUT2D eigenvalue weighted by molar-refractivity contribution is 7.89. The number of hydrogen-bond acceptors (Lipinski definition) is 7. The molecule has 2 aliphatic rings. The minimum Gasteiger partial charge on any atom is -0.488 e. The molecule has 1 N–H and O–H groups in total. The fraction of sp³-hybridized carbons (Fsp3) is 0.314. The van der Waals surface area contributed by atoms with Crippen LogP contribution in [0.15, 0.2) is 65.8 Å². The van der Waals surface area contributed by atoms with E-state index in [1.54, 1.807) is 36.5 Å². The van der Waals surface area contributed by atoms with Crippen molar-refractivity contribution >= 4 is 39.2 Å². The van der Waals surface area contributed by atoms with Crippen molar-refractivity contribution in [3.63, 3.8) is 0 Å². The van der Waals surface area contributed by atoms with Gasteiger partial charge in [-0.05, 0) is 37.0 Å². The molecule has 6 rings (SSSR count). The number of anilines is 1. The van der Waals surface area contributed by atoms with Crippen LogP contribution in [0.25, 0.3) is 0 Å². The van der Waals surface area contributed by atoms with Crippen LogP contribution in [0.2, 0.25) is 5.02 Å². The lowest BCUT2D eigenvalue weighted by Crippen LogP contribution is -2.59. The standard InChI is InChI=1S/C35H31ClF4N4O6S/c36-28-29(37)31(39)32(40)33(30(28)38)51(48,49)44-14-13-26(44)34(45)43(18-22-16-42-25(17-41-22)21-9-5-2-6-10-21)23-11-12-24(35(46)47)27(15-23)50-19-20-7-3-1-4-8-20/h1,3-4,7-8,11-12,15-17,21,26H,2,5-6,9-10,13-14,18-19H2,(H,46,47)/t26-/m1/s1. The van der Waals surface area contributed by atoms with Crippen LogP contribution in [0.3, 0.4) is 0 Å². The third-order valence-electron chi connectivity index (χ3n) is 9.07. The van der Waals surface area contributed by atoms with Crippen LogP contribution >= 0.6 is 11.6 Å². The van der Waals surface area contributed by atoms with E-state index in [0.29, 0.717) is 10.00 Å². The molecule has 3 aromatic carbocycles. The van der Waals surface area contributed by atoms with E-state index in [2.05, 4.69) is 9.97 Å². The molecule has 2 fully saturated rings. The molecule has 1 amide bonds. The van der Waals surface area contributed by atoms with Gasteiger partial charge < -0.3 is 14.7 Å². The number of halogens is 5. The van der Waals surface area contributed by atoms with Crippen molar-refractivity contribution in [1.29, 1.82) is 0 Å². The maximum Gasteiger partial charge on any atom is 0.339 e. The molecule has 1 saturated carbocycles. The van der Waals surface area contributed by atoms with Crippen LogP contribution in [0, 0.1) is 23.3 Å². The number of aromatic nitrogens is 2. The lowest BCUT2D eigenvalue weighted by atomic mass is 9.87. The summed E-state index contributed by atoms with van der Waals surface area (Å²) in [6.45, 7) is -0.679. The Kier molecular flexibility index (Phi) is 10.6. The highest BCUT2D eigenvalue weighted by atomic mass is 35.5. The fourth-order valence-corrected chi connectivity index (χ4v) is 8.22. The second-order valence-corrected chi connectivity index (χ2v) is 14.5. The zero-order valence-electron chi connectivity index (χ0n) is 26.9. The van der Waals surface area contributed by atoms with E-state index in [0.717, 1.165) is 48.3 Å². The third kappa shape index (κ3) is 7.28. The molecule has 1 saturated heterocycles. The van der Waals surface area contributed by atoms with Crippen molar-refractivity contribution in [2.45, 2.75) is 68.5 Å². The van der Waals surface area contributed by atoms with Gasteiger partial charge in [0.1, 0.15) is 29.0 Å². The third-order valence-corrected chi connectivity index (χ3v) is 11.3. The smallest absolute Gasteiger partial charge is 0.339 e. The maximum atomic E-state index is 14.9. The first-order valence-electron chi connectivity index (χ1n) is 16.1. The second kappa shape index (κ2) is 14.9. The number of hydrogen-bond donors (Lipinski definition) is 1. The molecule has 0 bridgehead atoms. The van der Waals surface area contributed by atoms with E-state index in [1.807, 2.05) is 0 Å². The molecular weight excluding hydrogens is 716 g/mol. The fourth-order valence-electron chi connectivity index (χ4n) is 6.23. The van der Waals surface area contributed by atoms with E-state index in [1.165, 1.54) is 24.4 Å². The van der Waals surface area contributed by atoms with E-state index in [4.69, 9.17) is 16.3 Å². The Balaban J connectivity index is 1.36. The summed E-state index contributed by atoms with van der Waals surface area (Å²) < 4.78 is 91.1. The lowest BCUT2D eigenvalue weighted by molar-refractivity contribution is -0.125. The molecule has 51 heavy (non-hydrogen) atoms. The number of ether oxygens (including phenoxy) is 1. The first kappa shape index (κ1) is 36.2. The molecular formula is C35H31ClF4N4O6S. The first-order valence-corrected chi connectivity index (χ1v) is 17.9. The van der Waals surface area contributed by atoms with Crippen molar-refractivity contribution in [2.24, 2.45) is 0 Å². The van der Waals surface area contributed by atoms with E-state index >= 15 is 0 Å². The monoisotopic (exact) mass is 746 g/mol. The number of nitrogens with zero attached hydrogens (tertiary/aromatic N) is 4. The molecule has 10 nitrogen and oxygen atoms in total. The van der Waals surface area contributed by atoms with Gasteiger partial charge >= 0.3 is 5.97 Å². The molecule has 1 aliphatic heterocycles. The highest BCUT2D eigenvalue weighted by Gasteiger charge is 2.48. The van der Waals surface area contributed by atoms with Crippen LogP contribution in [-0.4, -0.2) is 52.3 Å². The lowest BCUT2D eigenvalue weighted by Gasteiger charge is -2.41. The van der Waals surface area contributed by atoms with Gasteiger partial charge in [0.15, 0.2) is 28.2 Å². The molecule has 1 aliphatic carbocycles. The van der Waals surface area contributed by atoms with Gasteiger partial charge in [-0.15, -0.1) is 0 Å². The van der Waals surface area contributed by atoms with E-state index in [-0.39, 0.29) is 49.0 Å². The van der Waals surface area contributed by atoms with Gasteiger partial charge in [-0.25, -0.2) is 30.8 Å². The zero-order valence-corrected chi connectivity index (χ0v) is 28.4. The minimum absolute atomic E-state index is 0.0187. The number of rotatable bonds is 11. The van der Waals surface area contributed by atoms with Crippen molar-refractivity contribution in [3.05, 3.63) is 112 Å². The van der Waals surface area contributed by atoms with Crippen LogP contribution in [0.5, 0.6) is 5.75 Å². The van der Waals surface area contributed by atoms with E-state index < -0.39 is 61.1 Å². The van der Waals surface area contributed by atoms with Crippen molar-refractivity contribution in [3.8, 4) is 5.75 Å². The molecule has 268 valence electrons. The van der Waals surface area contributed by atoms with Gasteiger partial charge in [0, 0.05) is 30.4 Å². The van der Waals surface area contributed by atoms with Gasteiger partial charge in [-0.3, -0.25) is 14.8 Å². The Morgan fingerprint density at radius 3 is 2.27 bits per heavy atom. The molecule has 0 radical (unpaired) electrons. The Bertz CT molecular complexity index is 2040. The quantitative estimate of drug-likeness (QED) is 0.0987. The summed E-state index contributed by atoms with van der Waals surface area (Å²) in [5.74, 6) is -10.8. The summed E-state index contributed by atoms with van der Waals surface area (Å²) in [5, 5.41) is 8.31. The normalized spacial score (nSPS) is 16.8. The predicted molar refractivity (Wildman–Crippen MR) is 177 cm³/mol. The Hall–Kier alpha value is -4.60. The predicted octanol–water partition coefficient (Wildman–Crippen LogP) is 7.01. The first-order chi connectivity index (χ1) is 24.4. The van der Waals surface area contributed by atoms with E-state index in [9.17, 15) is 40.7 Å². The number of carboxylic acids is 1. The van der Waals surface area contributed by atoms with Gasteiger partial charge in [0.25, 0.3) is 0 Å². The second-order valence-electron chi connectivity index (χ2n) is 12.3. The van der Waals surface area contributed by atoms with Gasteiger partial charge in [0.2, 0.25) is 15.9 Å². The summed E-state index contributed by atoms with van der Waals surface area (Å²) in [7, 11) is -5.28. The Morgan fingerprint density at radius 2 is 1.65 bits per heavy atom. The van der Waals surface area contributed by atoms with Gasteiger partial charge in [0.05, 0.1) is 24.1 Å². The van der Waals surface area contributed by atoms with Crippen molar-refractivity contribution < 1.29 is 45.4 Å². The molecule has 1 atom stereocenters. The summed E-state index contributed by atoms with van der Waals surface area (Å²) in [6, 6.07) is 11.2. The summed E-state index contributed by atoms with van der Waals surface area (Å²) in [5.41, 5.74) is 1.70. The average Bonchev–Trinajstić information content (AvgIpc) is 3.11. The molecule has 16 heteroatoms. The summed E-state index contributed by atoms with van der Waals surface area (Å²) >= 11 is 5.45. The number of carbonyl (C=O) groups excluding carboxylic acids is 1. The number of carbonyl (C=O) groups is 2. The number of aromatic carboxylic acids is 1. The largest absolute Gasteiger partial charge is 0.488 e. The number of carboxylic acid groups (broad SMARTS) is 1. The summed E-state index contributed by atoms with van der Waals surface area (Å²) in [6.07, 6.45) is 8.23. The number of amides is 1. The number of benzene rings is 3. The SMILES string of the molecule is O=C(O)c1ccc(N(Cc2cnc(C3CCCCC3)cn2)C(=O)[C@H]2CCN2S(=O)(=O)c2c(F)c(F)c(F)c(Cl)c2F)cc1OCc1ccccc1. The summed E-state index contributed by atoms with van der Waals surface area (Å²) in [4.78, 5) is 34.7. The van der Waals surface area contributed by atoms with Gasteiger partial charge in [-0.1, -0.05) is 61.2 Å². The van der Waals surface area contributed by atoms with Crippen LogP contribution < -0.4 is 9.64 Å². The average molecular weight is 747 g/mol. The van der Waals surface area contributed by atoms with Crippen molar-refractivity contribution in [1.82, 2.24) is 14.3 Å². The van der Waals surface area contributed by atoms with Crippen LogP contribution in [0.4, 0.5) is 23.2 Å². The zero-order chi connectivity index (χ0) is 36.4. The minimum atomic E-state index is -5.28. The Morgan fingerprint density at radius 1 is 0.922 bits per heavy atom. The van der Waals surface area contributed by atoms with Crippen LogP contribution in [0.1, 0.15) is 71.8 Å². The molecule has 1 aromatic heterocycles. The molecule has 0 spiro atoms. The molecule has 2 heterocycles. The maximum absolute atomic E-state index is 14.9. The molecule has 0 unspecified atom stereocenters. The Labute approximate surface area is 295 Å². The van der Waals surface area contributed by atoms with Crippen LogP contribution in [-0.2, 0) is 28.0 Å². The number of sulfonamides is 1. The van der Waals surface area contributed by atoms with Gasteiger partial charge in [-0.2, -0.15) is 4.31 Å². The topological polar surface area (TPSA) is 130 Å². The highest BCUT2D eigenvalue weighted by Crippen LogP contribution is 2.38. The molecule has 4 aromatic rings. The van der Waals surface area contributed by atoms with Crippen molar-refractivity contribution in [2.75, 3.05) is 11.4 Å².